The number of anilines is 1. The number of nitrogens with zero attached hydrogens (tertiary/aromatic N) is 4. The summed E-state index contributed by atoms with van der Waals surface area (Å²) in [4.78, 5) is 27.1. The number of aromatic nitrogens is 1. The van der Waals surface area contributed by atoms with Crippen LogP contribution in [0.5, 0.6) is 0 Å². The smallest absolute Gasteiger partial charge is 0.303 e. The van der Waals surface area contributed by atoms with Crippen LogP contribution >= 0.6 is 11.3 Å². The van der Waals surface area contributed by atoms with E-state index in [4.69, 9.17) is 0 Å². The van der Waals surface area contributed by atoms with Gasteiger partial charge in [0.05, 0.1) is 20.6 Å². The second-order valence-corrected chi connectivity index (χ2v) is 6.76. The summed E-state index contributed by atoms with van der Waals surface area (Å²) in [5, 5.41) is 22.7. The Morgan fingerprint density at radius 1 is 1.04 bits per heavy atom. The Balaban J connectivity index is 1.97. The molecule has 0 N–H and O–H groups in total. The summed E-state index contributed by atoms with van der Waals surface area (Å²) >= 11 is 1.17. The Morgan fingerprint density at radius 3 is 2.31 bits per heavy atom. The van der Waals surface area contributed by atoms with Gasteiger partial charge in [0.1, 0.15) is 5.01 Å². The minimum absolute atomic E-state index is 0.160. The molecule has 0 fully saturated rings. The van der Waals surface area contributed by atoms with Crippen molar-refractivity contribution in [1.29, 1.82) is 0 Å². The van der Waals surface area contributed by atoms with Crippen LogP contribution in [0.15, 0.2) is 36.4 Å². The third kappa shape index (κ3) is 3.52. The molecule has 1 aromatic heterocycles. The molecule has 3 aromatic rings. The Morgan fingerprint density at radius 2 is 1.73 bits per heavy atom. The van der Waals surface area contributed by atoms with Crippen LogP contribution in [0, 0.1) is 20.2 Å². The average Bonchev–Trinajstić information content (AvgIpc) is 3.02. The average molecular weight is 370 g/mol. The van der Waals surface area contributed by atoms with E-state index >= 15 is 0 Å². The highest BCUT2D eigenvalue weighted by Crippen LogP contribution is 2.34. The molecule has 3 rings (SSSR count). The van der Waals surface area contributed by atoms with Crippen LogP contribution in [0.4, 0.5) is 17.1 Å². The number of hydrogen-bond acceptors (Lipinski definition) is 7. The second kappa shape index (κ2) is 6.89. The molecule has 0 aliphatic heterocycles. The van der Waals surface area contributed by atoms with Gasteiger partial charge in [0, 0.05) is 25.8 Å². The van der Waals surface area contributed by atoms with E-state index in [1.807, 2.05) is 49.3 Å². The molecule has 26 heavy (non-hydrogen) atoms. The molecule has 0 aliphatic rings. The van der Waals surface area contributed by atoms with Gasteiger partial charge in [-0.05, 0) is 23.8 Å². The summed E-state index contributed by atoms with van der Waals surface area (Å²) in [6.45, 7) is 0. The topological polar surface area (TPSA) is 102 Å². The fourth-order valence-corrected chi connectivity index (χ4v) is 3.31. The van der Waals surface area contributed by atoms with Gasteiger partial charge in [-0.25, -0.2) is 4.98 Å². The van der Waals surface area contributed by atoms with Crippen molar-refractivity contribution in [3.05, 3.63) is 67.2 Å². The number of nitro groups is 2. The van der Waals surface area contributed by atoms with Gasteiger partial charge < -0.3 is 4.90 Å². The monoisotopic (exact) mass is 370 g/mol. The number of thiazole rings is 1. The Labute approximate surface area is 152 Å². The van der Waals surface area contributed by atoms with Gasteiger partial charge in [-0.2, -0.15) is 0 Å². The molecule has 0 bridgehead atoms. The van der Waals surface area contributed by atoms with Crippen LogP contribution in [0.2, 0.25) is 0 Å². The van der Waals surface area contributed by atoms with E-state index in [2.05, 4.69) is 4.98 Å². The molecule has 0 unspecified atom stereocenters. The maximum atomic E-state index is 11.2. The van der Waals surface area contributed by atoms with Crippen molar-refractivity contribution in [2.24, 2.45) is 0 Å². The van der Waals surface area contributed by atoms with E-state index < -0.39 is 9.85 Å². The SMILES string of the molecule is CN(C)c1ccc(C=Cc2nc3c([N+](=O)[O-])cc([N+](=O)[O-])cc3s2)cc1. The highest BCUT2D eigenvalue weighted by molar-refractivity contribution is 7.19. The zero-order valence-electron chi connectivity index (χ0n) is 13.9. The van der Waals surface area contributed by atoms with Gasteiger partial charge in [-0.15, -0.1) is 11.3 Å². The van der Waals surface area contributed by atoms with Crippen LogP contribution in [-0.4, -0.2) is 28.9 Å². The third-order valence-electron chi connectivity index (χ3n) is 3.71. The summed E-state index contributed by atoms with van der Waals surface area (Å²) in [6, 6.07) is 10.1. The van der Waals surface area contributed by atoms with Crippen LogP contribution in [-0.2, 0) is 0 Å². The predicted molar refractivity (Wildman–Crippen MR) is 103 cm³/mol. The number of rotatable bonds is 5. The summed E-state index contributed by atoms with van der Waals surface area (Å²) in [5.74, 6) is 0. The first kappa shape index (κ1) is 17.5. The fraction of sp³-hybridized carbons (Fsp3) is 0.118. The van der Waals surface area contributed by atoms with Gasteiger partial charge in [-0.3, -0.25) is 20.2 Å². The van der Waals surface area contributed by atoms with E-state index in [1.54, 1.807) is 6.08 Å². The molecule has 1 heterocycles. The van der Waals surface area contributed by atoms with Crippen molar-refractivity contribution >= 4 is 50.8 Å². The van der Waals surface area contributed by atoms with Crippen LogP contribution in [0.25, 0.3) is 22.4 Å². The third-order valence-corrected chi connectivity index (χ3v) is 4.68. The summed E-state index contributed by atoms with van der Waals surface area (Å²) in [7, 11) is 3.91. The molecule has 132 valence electrons. The normalized spacial score (nSPS) is 11.2. The zero-order chi connectivity index (χ0) is 18.8. The van der Waals surface area contributed by atoms with Crippen molar-refractivity contribution in [3.63, 3.8) is 0 Å². The molecule has 0 atom stereocenters. The van der Waals surface area contributed by atoms with E-state index in [0.717, 1.165) is 17.3 Å². The van der Waals surface area contributed by atoms with Crippen molar-refractivity contribution < 1.29 is 9.85 Å². The molecular formula is C17H14N4O4S. The first-order valence-corrected chi connectivity index (χ1v) is 8.35. The zero-order valence-corrected chi connectivity index (χ0v) is 14.8. The lowest BCUT2D eigenvalue weighted by Crippen LogP contribution is -2.07. The maximum absolute atomic E-state index is 11.2. The van der Waals surface area contributed by atoms with Crippen molar-refractivity contribution in [2.45, 2.75) is 0 Å². The standard InChI is InChI=1S/C17H14N4O4S/c1-19(2)12-6-3-11(4-7-12)5-8-16-18-17-14(21(24)25)9-13(20(22)23)10-15(17)26-16/h3-10H,1-2H3. The van der Waals surface area contributed by atoms with Crippen LogP contribution in [0.3, 0.4) is 0 Å². The van der Waals surface area contributed by atoms with Crippen molar-refractivity contribution in [1.82, 2.24) is 4.98 Å². The highest BCUT2D eigenvalue weighted by atomic mass is 32.1. The lowest BCUT2D eigenvalue weighted by atomic mass is 10.2. The molecule has 0 radical (unpaired) electrons. The predicted octanol–water partition coefficient (Wildman–Crippen LogP) is 4.35. The van der Waals surface area contributed by atoms with Crippen molar-refractivity contribution in [3.8, 4) is 0 Å². The first-order chi connectivity index (χ1) is 12.3. The first-order valence-electron chi connectivity index (χ1n) is 7.54. The molecule has 0 spiro atoms. The van der Waals surface area contributed by atoms with Crippen molar-refractivity contribution in [2.75, 3.05) is 19.0 Å². The Kier molecular flexibility index (Phi) is 4.63. The number of non-ortho nitro benzene ring substituents is 2. The minimum Gasteiger partial charge on any atom is -0.378 e. The second-order valence-electron chi connectivity index (χ2n) is 5.70. The summed E-state index contributed by atoms with van der Waals surface area (Å²) in [6.07, 6.45) is 3.59. The van der Waals surface area contributed by atoms with Crippen LogP contribution in [0.1, 0.15) is 10.6 Å². The number of fused-ring (bicyclic) bond motifs is 1. The minimum atomic E-state index is -0.650. The number of nitro benzene ring substituents is 2. The fourth-order valence-electron chi connectivity index (χ4n) is 2.38. The molecule has 8 nitrogen and oxygen atoms in total. The molecule has 9 heteroatoms. The molecule has 2 aromatic carbocycles. The summed E-state index contributed by atoms with van der Waals surface area (Å²) in [5.41, 5.74) is 1.51. The molecular weight excluding hydrogens is 356 g/mol. The summed E-state index contributed by atoms with van der Waals surface area (Å²) < 4.78 is 0.411. The van der Waals surface area contributed by atoms with Gasteiger partial charge in [0.15, 0.2) is 5.52 Å². The lowest BCUT2D eigenvalue weighted by Gasteiger charge is -2.11. The van der Waals surface area contributed by atoms with E-state index in [0.29, 0.717) is 9.71 Å². The van der Waals surface area contributed by atoms with E-state index in [1.165, 1.54) is 17.4 Å². The maximum Gasteiger partial charge on any atom is 0.303 e. The Hall–Kier alpha value is -3.33. The highest BCUT2D eigenvalue weighted by Gasteiger charge is 2.22. The van der Waals surface area contributed by atoms with E-state index in [-0.39, 0.29) is 16.9 Å². The van der Waals surface area contributed by atoms with E-state index in [9.17, 15) is 20.2 Å². The molecule has 0 saturated carbocycles. The van der Waals surface area contributed by atoms with Gasteiger partial charge in [0.25, 0.3) is 5.69 Å². The van der Waals surface area contributed by atoms with Gasteiger partial charge in [-0.1, -0.05) is 18.2 Å². The quantitative estimate of drug-likeness (QED) is 0.489. The van der Waals surface area contributed by atoms with Gasteiger partial charge in [0.2, 0.25) is 0 Å². The number of benzene rings is 2. The lowest BCUT2D eigenvalue weighted by molar-refractivity contribution is -0.393. The molecule has 0 amide bonds. The van der Waals surface area contributed by atoms with Gasteiger partial charge >= 0.3 is 5.69 Å². The largest absolute Gasteiger partial charge is 0.378 e. The van der Waals surface area contributed by atoms with Crippen LogP contribution < -0.4 is 4.90 Å². The molecule has 0 saturated heterocycles. The molecule has 0 aliphatic carbocycles. The Bertz CT molecular complexity index is 1030. The number of hydrogen-bond donors (Lipinski definition) is 0.